The fourth-order valence-corrected chi connectivity index (χ4v) is 10.1. The number of amides is 1. The number of hydrogen-bond donors (Lipinski definition) is 2. The molecule has 6 nitrogen and oxygen atoms in total. The summed E-state index contributed by atoms with van der Waals surface area (Å²) in [5.74, 6) is 1.44. The van der Waals surface area contributed by atoms with Gasteiger partial charge in [-0.05, 0) is 97.2 Å². The molecule has 0 spiro atoms. The Bertz CT molecular complexity index is 973. The second-order valence-corrected chi connectivity index (χ2v) is 14.7. The van der Waals surface area contributed by atoms with Crippen molar-refractivity contribution in [2.75, 3.05) is 6.61 Å². The lowest BCUT2D eigenvalue weighted by molar-refractivity contribution is -0.154. The third-order valence-corrected chi connectivity index (χ3v) is 11.9. The first-order valence-electron chi connectivity index (χ1n) is 15.7. The lowest BCUT2D eigenvalue weighted by Crippen LogP contribution is -2.57. The molecule has 220 valence electrons. The smallest absolute Gasteiger partial charge is 0.317 e. The molecule has 3 fully saturated rings. The van der Waals surface area contributed by atoms with Gasteiger partial charge in [-0.25, -0.2) is 0 Å². The van der Waals surface area contributed by atoms with Gasteiger partial charge in [0.25, 0.3) is 5.91 Å². The molecular formula is C33H53NO5. The summed E-state index contributed by atoms with van der Waals surface area (Å²) in [6.45, 7) is 14.6. The van der Waals surface area contributed by atoms with Crippen LogP contribution in [0.5, 0.6) is 0 Å². The van der Waals surface area contributed by atoms with Gasteiger partial charge in [-0.15, -0.1) is 0 Å². The van der Waals surface area contributed by atoms with E-state index in [0.29, 0.717) is 16.7 Å². The molecule has 4 aliphatic rings. The summed E-state index contributed by atoms with van der Waals surface area (Å²) in [5, 5.41) is 11.7. The monoisotopic (exact) mass is 543 g/mol. The molecule has 0 aromatic carbocycles. The van der Waals surface area contributed by atoms with E-state index in [1.165, 1.54) is 50.5 Å². The van der Waals surface area contributed by atoms with Gasteiger partial charge in [-0.2, -0.15) is 0 Å². The number of fused-ring (bicyclic) bond motifs is 5. The highest BCUT2D eigenvalue weighted by atomic mass is 16.5. The van der Waals surface area contributed by atoms with E-state index in [9.17, 15) is 14.4 Å². The van der Waals surface area contributed by atoms with Crippen molar-refractivity contribution in [2.24, 2.45) is 45.8 Å². The van der Waals surface area contributed by atoms with Crippen LogP contribution in [0.15, 0.2) is 11.6 Å². The van der Waals surface area contributed by atoms with Crippen LogP contribution in [-0.2, 0) is 19.1 Å². The van der Waals surface area contributed by atoms with Gasteiger partial charge < -0.3 is 15.2 Å². The van der Waals surface area contributed by atoms with Crippen LogP contribution in [-0.4, -0.2) is 35.6 Å². The van der Waals surface area contributed by atoms with Crippen molar-refractivity contribution in [3.05, 3.63) is 11.6 Å². The van der Waals surface area contributed by atoms with Crippen molar-refractivity contribution in [2.45, 2.75) is 125 Å². The van der Waals surface area contributed by atoms with Crippen LogP contribution >= 0.6 is 0 Å². The molecule has 8 atom stereocenters. The summed E-state index contributed by atoms with van der Waals surface area (Å²) >= 11 is 0. The maximum absolute atomic E-state index is 12.4. The molecule has 4 rings (SSSR count). The van der Waals surface area contributed by atoms with Crippen LogP contribution in [0.2, 0.25) is 0 Å². The number of hydrogen-bond acceptors (Lipinski definition) is 4. The van der Waals surface area contributed by atoms with E-state index in [0.717, 1.165) is 49.4 Å². The number of nitrogens with one attached hydrogen (secondary N) is 1. The van der Waals surface area contributed by atoms with Crippen molar-refractivity contribution in [3.8, 4) is 0 Å². The predicted molar refractivity (Wildman–Crippen MR) is 153 cm³/mol. The first kappa shape index (κ1) is 30.1. The number of rotatable bonds is 10. The van der Waals surface area contributed by atoms with E-state index >= 15 is 0 Å². The van der Waals surface area contributed by atoms with Gasteiger partial charge in [0.1, 0.15) is 6.42 Å². The third-order valence-electron chi connectivity index (χ3n) is 11.9. The minimum absolute atomic E-state index is 0.0377. The molecule has 1 amide bonds. The molecule has 6 heteroatoms. The van der Waals surface area contributed by atoms with Gasteiger partial charge >= 0.3 is 11.9 Å². The summed E-state index contributed by atoms with van der Waals surface area (Å²) in [4.78, 5) is 34.5. The minimum atomic E-state index is -1.25. The van der Waals surface area contributed by atoms with Gasteiger partial charge in [-0.3, -0.25) is 14.4 Å². The third kappa shape index (κ3) is 5.95. The number of ether oxygens (including phenoxy) is 1. The quantitative estimate of drug-likeness (QED) is 0.177. The highest BCUT2D eigenvalue weighted by Crippen LogP contribution is 2.71. The second kappa shape index (κ2) is 11.6. The van der Waals surface area contributed by atoms with E-state index in [-0.39, 0.29) is 17.4 Å². The van der Waals surface area contributed by atoms with Crippen molar-refractivity contribution in [1.82, 2.24) is 5.32 Å². The molecule has 0 saturated heterocycles. The zero-order valence-corrected chi connectivity index (χ0v) is 25.3. The van der Waals surface area contributed by atoms with Crippen LogP contribution < -0.4 is 5.32 Å². The van der Waals surface area contributed by atoms with E-state index in [2.05, 4.69) is 52.9 Å². The number of carbonyl (C=O) groups excluding carboxylic acids is 2. The molecule has 39 heavy (non-hydrogen) atoms. The van der Waals surface area contributed by atoms with Gasteiger partial charge in [0.15, 0.2) is 6.61 Å². The first-order valence-corrected chi connectivity index (χ1v) is 15.7. The first-order chi connectivity index (χ1) is 18.3. The second-order valence-electron chi connectivity index (χ2n) is 14.7. The highest BCUT2D eigenvalue weighted by molar-refractivity contribution is 5.91. The summed E-state index contributed by atoms with van der Waals surface area (Å²) in [5.41, 5.74) is 2.48. The Hall–Kier alpha value is -1.85. The van der Waals surface area contributed by atoms with Crippen LogP contribution in [0.4, 0.5) is 0 Å². The fraction of sp³-hybridized carbons (Fsp3) is 0.848. The van der Waals surface area contributed by atoms with E-state index in [1.807, 2.05) is 0 Å². The molecular weight excluding hydrogens is 490 g/mol. The van der Waals surface area contributed by atoms with Gasteiger partial charge in [0, 0.05) is 6.04 Å². The number of allylic oxidation sites excluding steroid dienone is 1. The molecule has 0 aromatic rings. The molecule has 4 aliphatic carbocycles. The topological polar surface area (TPSA) is 92.7 Å². The highest BCUT2D eigenvalue weighted by Gasteiger charge is 2.63. The molecule has 1 unspecified atom stereocenters. The number of carboxylic acids is 1. The Balaban J connectivity index is 1.40. The summed E-state index contributed by atoms with van der Waals surface area (Å²) in [6.07, 6.45) is 15.3. The van der Waals surface area contributed by atoms with Crippen molar-refractivity contribution >= 4 is 17.8 Å². The number of carboxylic acid groups (broad SMARTS) is 1. The van der Waals surface area contributed by atoms with Crippen LogP contribution in [0.25, 0.3) is 0 Å². The summed E-state index contributed by atoms with van der Waals surface area (Å²) < 4.78 is 4.83. The maximum atomic E-state index is 12.4. The Morgan fingerprint density at radius 2 is 1.74 bits per heavy atom. The van der Waals surface area contributed by atoms with E-state index < -0.39 is 25.0 Å². The summed E-state index contributed by atoms with van der Waals surface area (Å²) in [7, 11) is 0. The van der Waals surface area contributed by atoms with Crippen molar-refractivity contribution in [1.29, 1.82) is 0 Å². The average molecular weight is 544 g/mol. The molecule has 0 heterocycles. The van der Waals surface area contributed by atoms with Crippen molar-refractivity contribution < 1.29 is 24.2 Å². The molecule has 0 bridgehead atoms. The Morgan fingerprint density at radius 1 is 1.00 bits per heavy atom. The number of carbonyl (C=O) groups is 3. The predicted octanol–water partition coefficient (Wildman–Crippen LogP) is 6.92. The van der Waals surface area contributed by atoms with Crippen LogP contribution in [0, 0.1) is 45.8 Å². The minimum Gasteiger partial charge on any atom is -0.481 e. The lowest BCUT2D eigenvalue weighted by Gasteiger charge is -2.63. The van der Waals surface area contributed by atoms with Gasteiger partial charge in [0.05, 0.1) is 0 Å². The average Bonchev–Trinajstić information content (AvgIpc) is 3.21. The van der Waals surface area contributed by atoms with Crippen LogP contribution in [0.1, 0.15) is 119 Å². The van der Waals surface area contributed by atoms with E-state index in [1.54, 1.807) is 0 Å². The van der Waals surface area contributed by atoms with Gasteiger partial charge in [0.2, 0.25) is 0 Å². The fourth-order valence-electron chi connectivity index (χ4n) is 10.1. The Labute approximate surface area is 236 Å². The lowest BCUT2D eigenvalue weighted by atomic mass is 9.41. The molecule has 3 saturated carbocycles. The maximum Gasteiger partial charge on any atom is 0.317 e. The largest absolute Gasteiger partial charge is 0.481 e. The molecule has 2 N–H and O–H groups in total. The molecule has 0 aliphatic heterocycles. The SMILES string of the molecule is CC(C)CCC[C@@H](C)C1CC[C@H]2[C@]3(C)CC=C4C[C@@H](NC(=O)COC(=O)CC(=O)O)CC[C@]4(C)[C@H]3CC[C@]12C. The zero-order chi connectivity index (χ0) is 28.6. The Kier molecular flexibility index (Phi) is 8.93. The standard InChI is InChI=1S/C33H53NO5/c1-21(2)8-7-9-22(3)25-10-11-26-32(25,5)17-14-27-31(4)16-13-24(18-23(31)12-15-33(26,27)6)34-28(35)20-39-30(38)19-29(36)37/h12,21-22,24-27H,7-11,13-20H2,1-6H3,(H,34,35)(H,36,37)/t22-,24+,25?,26-,27-,31+,32-,33+/m1/s1. The molecule has 0 radical (unpaired) electrons. The summed E-state index contributed by atoms with van der Waals surface area (Å²) in [6, 6.07) is 0.0377. The normalized spacial score (nSPS) is 38.2. The van der Waals surface area contributed by atoms with E-state index in [4.69, 9.17) is 9.84 Å². The molecule has 0 aromatic heterocycles. The zero-order valence-electron chi connectivity index (χ0n) is 25.3. The van der Waals surface area contributed by atoms with Gasteiger partial charge in [-0.1, -0.05) is 72.5 Å². The van der Waals surface area contributed by atoms with Crippen LogP contribution in [0.3, 0.4) is 0 Å². The number of esters is 1. The Morgan fingerprint density at radius 3 is 2.44 bits per heavy atom. The van der Waals surface area contributed by atoms with Crippen molar-refractivity contribution in [3.63, 3.8) is 0 Å². The number of aliphatic carboxylic acids is 1.